The Balaban J connectivity index is 1.27. The maximum absolute atomic E-state index is 13.6. The molecule has 1 amide bonds. The number of piperidine rings is 1. The zero-order valence-electron chi connectivity index (χ0n) is 16.2. The first-order valence-electron chi connectivity index (χ1n) is 9.95. The number of benzene rings is 1. The lowest BCUT2D eigenvalue weighted by Gasteiger charge is -2.34. The van der Waals surface area contributed by atoms with Crippen molar-refractivity contribution in [3.05, 3.63) is 59.9 Å². The lowest BCUT2D eigenvalue weighted by molar-refractivity contribution is -0.138. The quantitative estimate of drug-likeness (QED) is 0.665. The predicted octanol–water partition coefficient (Wildman–Crippen LogP) is 3.18. The Morgan fingerprint density at radius 3 is 2.60 bits per heavy atom. The normalized spacial score (nSPS) is 19.7. The van der Waals surface area contributed by atoms with Gasteiger partial charge >= 0.3 is 0 Å². The number of hydrogen-bond donors (Lipinski definition) is 0. The first kappa shape index (κ1) is 18.7. The molecular formula is C21H20F2N6O. The van der Waals surface area contributed by atoms with Gasteiger partial charge in [-0.25, -0.2) is 23.3 Å². The van der Waals surface area contributed by atoms with Crippen molar-refractivity contribution in [3.63, 3.8) is 0 Å². The molecule has 9 heteroatoms. The summed E-state index contributed by atoms with van der Waals surface area (Å²) in [6, 6.07) is 6.66. The molecule has 5 rings (SSSR count). The van der Waals surface area contributed by atoms with Crippen LogP contribution in [0.15, 0.2) is 47.8 Å². The molecule has 2 aromatic heterocycles. The molecule has 0 N–H and O–H groups in total. The van der Waals surface area contributed by atoms with E-state index in [9.17, 15) is 13.6 Å². The Labute approximate surface area is 171 Å². The highest BCUT2D eigenvalue weighted by atomic mass is 19.1. The summed E-state index contributed by atoms with van der Waals surface area (Å²) in [6.07, 6.45) is 6.99. The third-order valence-corrected chi connectivity index (χ3v) is 5.74. The molecule has 4 heterocycles. The van der Waals surface area contributed by atoms with Crippen LogP contribution in [0.2, 0.25) is 0 Å². The van der Waals surface area contributed by atoms with E-state index in [0.29, 0.717) is 37.9 Å². The molecule has 30 heavy (non-hydrogen) atoms. The van der Waals surface area contributed by atoms with Gasteiger partial charge in [0.25, 0.3) is 0 Å². The number of fused-ring (bicyclic) bond motifs is 1. The average Bonchev–Trinajstić information content (AvgIpc) is 3.41. The van der Waals surface area contributed by atoms with Crippen molar-refractivity contribution < 1.29 is 13.6 Å². The van der Waals surface area contributed by atoms with E-state index in [1.54, 1.807) is 16.9 Å². The van der Waals surface area contributed by atoms with Crippen molar-refractivity contribution in [2.24, 2.45) is 11.0 Å². The number of amides is 1. The maximum atomic E-state index is 13.6. The topological polar surface area (TPSA) is 66.1 Å². The van der Waals surface area contributed by atoms with E-state index in [1.807, 2.05) is 18.3 Å². The second-order valence-corrected chi connectivity index (χ2v) is 7.62. The van der Waals surface area contributed by atoms with E-state index in [0.717, 1.165) is 17.5 Å². The van der Waals surface area contributed by atoms with Gasteiger partial charge in [0.05, 0.1) is 12.2 Å². The van der Waals surface area contributed by atoms with Crippen molar-refractivity contribution in [1.82, 2.24) is 19.6 Å². The number of halogens is 2. The van der Waals surface area contributed by atoms with Gasteiger partial charge in [-0.2, -0.15) is 10.2 Å². The van der Waals surface area contributed by atoms with Gasteiger partial charge in [-0.3, -0.25) is 4.79 Å². The van der Waals surface area contributed by atoms with Crippen LogP contribution in [0.4, 0.5) is 14.6 Å². The Hall–Kier alpha value is -3.36. The number of nitrogens with zero attached hydrogens (tertiary/aromatic N) is 6. The van der Waals surface area contributed by atoms with Crippen LogP contribution in [0, 0.1) is 17.6 Å². The Kier molecular flexibility index (Phi) is 4.65. The molecule has 2 aliphatic rings. The van der Waals surface area contributed by atoms with Crippen molar-refractivity contribution in [3.8, 4) is 0 Å². The van der Waals surface area contributed by atoms with Crippen molar-refractivity contribution in [2.45, 2.75) is 25.3 Å². The van der Waals surface area contributed by atoms with E-state index >= 15 is 0 Å². The molecule has 1 atom stereocenters. The SMILES string of the molecule is O=C(C1CCN(c2ccn3nccc3n2)CC1)N1N=CC[C@H]1c1cc(F)cc(F)c1. The highest BCUT2D eigenvalue weighted by Gasteiger charge is 2.35. The number of hydrogen-bond acceptors (Lipinski definition) is 5. The predicted molar refractivity (Wildman–Crippen MR) is 107 cm³/mol. The molecule has 0 radical (unpaired) electrons. The molecule has 7 nitrogen and oxygen atoms in total. The number of hydrazone groups is 1. The number of carbonyl (C=O) groups excluding carboxylic acids is 1. The monoisotopic (exact) mass is 410 g/mol. The van der Waals surface area contributed by atoms with Gasteiger partial charge in [0.15, 0.2) is 5.65 Å². The van der Waals surface area contributed by atoms with Crippen molar-refractivity contribution >= 4 is 23.6 Å². The number of rotatable bonds is 3. The molecular weight excluding hydrogens is 390 g/mol. The van der Waals surface area contributed by atoms with Crippen LogP contribution < -0.4 is 4.90 Å². The van der Waals surface area contributed by atoms with Crippen LogP contribution in [-0.2, 0) is 4.79 Å². The molecule has 2 aliphatic heterocycles. The molecule has 1 aromatic carbocycles. The first-order valence-corrected chi connectivity index (χ1v) is 9.95. The number of aromatic nitrogens is 3. The summed E-state index contributed by atoms with van der Waals surface area (Å²) in [5.41, 5.74) is 1.20. The summed E-state index contributed by atoms with van der Waals surface area (Å²) in [5.74, 6) is -0.727. The molecule has 1 fully saturated rings. The Morgan fingerprint density at radius 2 is 1.83 bits per heavy atom. The van der Waals surface area contributed by atoms with Gasteiger partial charge in [0.1, 0.15) is 17.5 Å². The molecule has 0 bridgehead atoms. The second kappa shape index (κ2) is 7.47. The zero-order chi connectivity index (χ0) is 20.7. The molecule has 1 saturated heterocycles. The lowest BCUT2D eigenvalue weighted by Crippen LogP contribution is -2.41. The van der Waals surface area contributed by atoms with Gasteiger partial charge < -0.3 is 4.90 Å². The van der Waals surface area contributed by atoms with E-state index in [4.69, 9.17) is 0 Å². The number of carbonyl (C=O) groups is 1. The molecule has 0 spiro atoms. The minimum atomic E-state index is -0.653. The molecule has 0 aliphatic carbocycles. The van der Waals surface area contributed by atoms with Gasteiger partial charge in [0.2, 0.25) is 5.91 Å². The Bertz CT molecular complexity index is 1100. The van der Waals surface area contributed by atoms with Crippen LogP contribution >= 0.6 is 0 Å². The highest BCUT2D eigenvalue weighted by molar-refractivity contribution is 5.82. The average molecular weight is 410 g/mol. The van der Waals surface area contributed by atoms with Crippen molar-refractivity contribution in [1.29, 1.82) is 0 Å². The lowest BCUT2D eigenvalue weighted by atomic mass is 9.94. The molecule has 3 aromatic rings. The summed E-state index contributed by atoms with van der Waals surface area (Å²) in [6.45, 7) is 1.40. The first-order chi connectivity index (χ1) is 14.6. The summed E-state index contributed by atoms with van der Waals surface area (Å²) < 4.78 is 29.0. The van der Waals surface area contributed by atoms with E-state index in [1.165, 1.54) is 17.1 Å². The smallest absolute Gasteiger partial charge is 0.246 e. The van der Waals surface area contributed by atoms with E-state index in [2.05, 4.69) is 20.1 Å². The fourth-order valence-electron chi connectivity index (χ4n) is 4.19. The Morgan fingerprint density at radius 1 is 1.07 bits per heavy atom. The summed E-state index contributed by atoms with van der Waals surface area (Å²) in [4.78, 5) is 19.9. The standard InChI is InChI=1S/C21H20F2N6O/c22-16-11-15(12-17(23)13-16)18-1-6-25-29(18)21(30)14-3-8-27(9-4-14)19-5-10-28-20(26-19)2-7-24-28/h2,5-7,10-14,18H,1,3-4,8-9H2/t18-/m0/s1. The number of anilines is 1. The third-order valence-electron chi connectivity index (χ3n) is 5.74. The van der Waals surface area contributed by atoms with Gasteiger partial charge in [0, 0.05) is 50.0 Å². The van der Waals surface area contributed by atoms with Crippen LogP contribution in [0.1, 0.15) is 30.9 Å². The zero-order valence-corrected chi connectivity index (χ0v) is 16.2. The minimum absolute atomic E-state index is 0.0997. The van der Waals surface area contributed by atoms with Crippen LogP contribution in [0.3, 0.4) is 0 Å². The third kappa shape index (κ3) is 3.40. The van der Waals surface area contributed by atoms with Crippen LogP contribution in [0.5, 0.6) is 0 Å². The van der Waals surface area contributed by atoms with Gasteiger partial charge in [-0.1, -0.05) is 0 Å². The minimum Gasteiger partial charge on any atom is -0.356 e. The largest absolute Gasteiger partial charge is 0.356 e. The van der Waals surface area contributed by atoms with Crippen LogP contribution in [0.25, 0.3) is 5.65 Å². The summed E-state index contributed by atoms with van der Waals surface area (Å²) in [5, 5.41) is 9.76. The van der Waals surface area contributed by atoms with E-state index in [-0.39, 0.29) is 11.8 Å². The molecule has 0 saturated carbocycles. The summed E-state index contributed by atoms with van der Waals surface area (Å²) >= 11 is 0. The van der Waals surface area contributed by atoms with Crippen molar-refractivity contribution in [2.75, 3.05) is 18.0 Å². The van der Waals surface area contributed by atoms with Gasteiger partial charge in [-0.15, -0.1) is 0 Å². The molecule has 154 valence electrons. The molecule has 0 unspecified atom stereocenters. The highest BCUT2D eigenvalue weighted by Crippen LogP contribution is 2.33. The van der Waals surface area contributed by atoms with Crippen LogP contribution in [-0.4, -0.2) is 44.8 Å². The van der Waals surface area contributed by atoms with Gasteiger partial charge in [-0.05, 0) is 36.6 Å². The van der Waals surface area contributed by atoms with E-state index < -0.39 is 17.7 Å². The fraction of sp³-hybridized carbons (Fsp3) is 0.333. The fourth-order valence-corrected chi connectivity index (χ4v) is 4.19. The maximum Gasteiger partial charge on any atom is 0.246 e. The second-order valence-electron chi connectivity index (χ2n) is 7.62. The summed E-state index contributed by atoms with van der Waals surface area (Å²) in [7, 11) is 0.